The molecule has 3 heterocycles. The predicted octanol–water partition coefficient (Wildman–Crippen LogP) is 3.09. The number of carbonyl (C=O) groups excluding carboxylic acids is 3. The van der Waals surface area contributed by atoms with Crippen LogP contribution in [0.2, 0.25) is 0 Å². The topological polar surface area (TPSA) is 73.8 Å². The van der Waals surface area contributed by atoms with Gasteiger partial charge in [0.2, 0.25) is 17.7 Å². The third-order valence-electron chi connectivity index (χ3n) is 7.19. The smallest absolute Gasteiger partial charge is 0.240 e. The number of piperidine rings is 1. The first kappa shape index (κ1) is 24.1. The molecule has 7 heteroatoms. The second-order valence-electron chi connectivity index (χ2n) is 9.79. The Morgan fingerprint density at radius 1 is 1.15 bits per heavy atom. The molecule has 0 bridgehead atoms. The summed E-state index contributed by atoms with van der Waals surface area (Å²) >= 11 is 0. The van der Waals surface area contributed by atoms with Crippen LogP contribution in [-0.2, 0) is 19.8 Å². The van der Waals surface area contributed by atoms with Crippen molar-refractivity contribution < 1.29 is 14.4 Å². The monoisotopic (exact) mass is 462 g/mol. The van der Waals surface area contributed by atoms with Gasteiger partial charge >= 0.3 is 0 Å². The molecule has 2 atom stereocenters. The maximum atomic E-state index is 13.9. The molecule has 0 aliphatic carbocycles. The molecule has 1 aromatic heterocycles. The van der Waals surface area contributed by atoms with Crippen molar-refractivity contribution in [3.8, 4) is 0 Å². The van der Waals surface area contributed by atoms with E-state index in [9.17, 15) is 14.4 Å². The van der Waals surface area contributed by atoms with E-state index < -0.39 is 5.41 Å². The second-order valence-corrected chi connectivity index (χ2v) is 9.79. The number of hydrogen-bond acceptors (Lipinski definition) is 5. The van der Waals surface area contributed by atoms with Crippen LogP contribution >= 0.6 is 0 Å². The highest BCUT2D eigenvalue weighted by atomic mass is 16.2. The van der Waals surface area contributed by atoms with Gasteiger partial charge in [-0.15, -0.1) is 0 Å². The molecule has 34 heavy (non-hydrogen) atoms. The van der Waals surface area contributed by atoms with Gasteiger partial charge in [0.05, 0.1) is 11.5 Å². The van der Waals surface area contributed by atoms with Crippen LogP contribution in [0, 0.1) is 6.92 Å². The van der Waals surface area contributed by atoms with Gasteiger partial charge in [0.15, 0.2) is 0 Å². The summed E-state index contributed by atoms with van der Waals surface area (Å²) in [6.45, 7) is 3.51. The summed E-state index contributed by atoms with van der Waals surface area (Å²) in [7, 11) is 3.83. The van der Waals surface area contributed by atoms with Crippen LogP contribution in [0.5, 0.6) is 0 Å². The normalized spacial score (nSPS) is 23.1. The van der Waals surface area contributed by atoms with Crippen molar-refractivity contribution in [1.82, 2.24) is 19.7 Å². The quantitative estimate of drug-likeness (QED) is 0.591. The molecule has 2 saturated heterocycles. The molecule has 2 aromatic rings. The highest BCUT2D eigenvalue weighted by Gasteiger charge is 2.54. The Bertz CT molecular complexity index is 1050. The van der Waals surface area contributed by atoms with Gasteiger partial charge in [-0.05, 0) is 63.0 Å². The summed E-state index contributed by atoms with van der Waals surface area (Å²) in [5, 5.41) is 0. The lowest BCUT2D eigenvalue weighted by Crippen LogP contribution is -2.46. The number of benzene rings is 1. The number of pyridine rings is 1. The van der Waals surface area contributed by atoms with Crippen molar-refractivity contribution in [3.05, 3.63) is 65.5 Å². The van der Waals surface area contributed by atoms with Gasteiger partial charge in [-0.2, -0.15) is 0 Å². The molecule has 2 aliphatic rings. The summed E-state index contributed by atoms with van der Waals surface area (Å²) < 4.78 is 0. The van der Waals surface area contributed by atoms with Gasteiger partial charge in [0.1, 0.15) is 0 Å². The van der Waals surface area contributed by atoms with E-state index in [0.717, 1.165) is 36.0 Å². The Morgan fingerprint density at radius 3 is 2.65 bits per heavy atom. The number of amides is 3. The molecule has 0 radical (unpaired) electrons. The Morgan fingerprint density at radius 2 is 1.94 bits per heavy atom. The maximum Gasteiger partial charge on any atom is 0.240 e. The minimum absolute atomic E-state index is 0.00233. The molecule has 2 aliphatic heterocycles. The minimum Gasteiger partial charge on any atom is -0.336 e. The van der Waals surface area contributed by atoms with Gasteiger partial charge in [-0.25, -0.2) is 0 Å². The highest BCUT2D eigenvalue weighted by molar-refractivity contribution is 6.11. The predicted molar refractivity (Wildman–Crippen MR) is 130 cm³/mol. The molecule has 1 aromatic carbocycles. The summed E-state index contributed by atoms with van der Waals surface area (Å²) in [6, 6.07) is 11.5. The Balaban J connectivity index is 1.68. The average molecular weight is 463 g/mol. The number of aryl methyl sites for hydroxylation is 1. The van der Waals surface area contributed by atoms with Gasteiger partial charge in [0, 0.05) is 44.9 Å². The molecule has 180 valence electrons. The second kappa shape index (κ2) is 10.1. The van der Waals surface area contributed by atoms with Crippen molar-refractivity contribution in [1.29, 1.82) is 0 Å². The first-order valence-corrected chi connectivity index (χ1v) is 12.1. The number of likely N-dealkylation sites (tertiary alicyclic amines) is 2. The number of hydrogen-bond donors (Lipinski definition) is 0. The molecule has 0 N–H and O–H groups in total. The molecular formula is C27H34N4O3. The Labute approximate surface area is 201 Å². The largest absolute Gasteiger partial charge is 0.336 e. The highest BCUT2D eigenvalue weighted by Crippen LogP contribution is 2.43. The SMILES string of the molecule is Cc1ccccc1C1(CC(=O)N2CCCCC2c2cccnc2)CC(=O)N(CCN(C)C)C1=O. The number of nitrogens with zero attached hydrogens (tertiary/aromatic N) is 4. The van der Waals surface area contributed by atoms with E-state index in [2.05, 4.69) is 4.98 Å². The van der Waals surface area contributed by atoms with Crippen molar-refractivity contribution in [2.45, 2.75) is 50.5 Å². The fourth-order valence-corrected chi connectivity index (χ4v) is 5.39. The number of rotatable bonds is 7. The molecule has 2 unspecified atom stereocenters. The van der Waals surface area contributed by atoms with Crippen LogP contribution in [0.15, 0.2) is 48.8 Å². The molecule has 0 saturated carbocycles. The molecule has 7 nitrogen and oxygen atoms in total. The number of aromatic nitrogens is 1. The van der Waals surface area contributed by atoms with Gasteiger partial charge < -0.3 is 9.80 Å². The van der Waals surface area contributed by atoms with Crippen molar-refractivity contribution in [2.75, 3.05) is 33.7 Å². The van der Waals surface area contributed by atoms with Crippen molar-refractivity contribution >= 4 is 17.7 Å². The summed E-state index contributed by atoms with van der Waals surface area (Å²) in [6.07, 6.45) is 6.43. The lowest BCUT2D eigenvalue weighted by molar-refractivity contribution is -0.144. The zero-order valence-electron chi connectivity index (χ0n) is 20.4. The van der Waals surface area contributed by atoms with E-state index in [4.69, 9.17) is 0 Å². The van der Waals surface area contributed by atoms with Gasteiger partial charge in [-0.3, -0.25) is 24.3 Å². The minimum atomic E-state index is -1.16. The fraction of sp³-hybridized carbons (Fsp3) is 0.481. The third-order valence-corrected chi connectivity index (χ3v) is 7.19. The first-order chi connectivity index (χ1) is 16.3. The molecule has 2 fully saturated rings. The maximum absolute atomic E-state index is 13.9. The first-order valence-electron chi connectivity index (χ1n) is 12.1. The molecule has 3 amide bonds. The van der Waals surface area contributed by atoms with E-state index >= 15 is 0 Å². The number of likely N-dealkylation sites (N-methyl/N-ethyl adjacent to an activating group) is 1. The van der Waals surface area contributed by atoms with Crippen molar-refractivity contribution in [3.63, 3.8) is 0 Å². The van der Waals surface area contributed by atoms with Crippen LogP contribution < -0.4 is 0 Å². The summed E-state index contributed by atoms with van der Waals surface area (Å²) in [5.41, 5.74) is 1.56. The van der Waals surface area contributed by atoms with Crippen LogP contribution in [0.25, 0.3) is 0 Å². The average Bonchev–Trinajstić information content (AvgIpc) is 3.07. The lowest BCUT2D eigenvalue weighted by Gasteiger charge is -2.38. The lowest BCUT2D eigenvalue weighted by atomic mass is 9.73. The van der Waals surface area contributed by atoms with E-state index in [1.54, 1.807) is 6.20 Å². The van der Waals surface area contributed by atoms with E-state index in [1.807, 2.05) is 73.4 Å². The van der Waals surface area contributed by atoms with Crippen molar-refractivity contribution in [2.24, 2.45) is 0 Å². The standard InChI is InChI=1S/C27H34N4O3/c1-20-9-4-5-11-22(20)27(18-25(33)31(26(27)34)16-15-29(2)3)17-24(32)30-14-7-6-12-23(30)21-10-8-13-28-19-21/h4-5,8-11,13,19,23H,6-7,12,14-18H2,1-3H3. The van der Waals surface area contributed by atoms with E-state index in [1.165, 1.54) is 4.90 Å². The Hall–Kier alpha value is -3.06. The fourth-order valence-electron chi connectivity index (χ4n) is 5.39. The zero-order valence-corrected chi connectivity index (χ0v) is 20.4. The number of imide groups is 1. The molecular weight excluding hydrogens is 428 g/mol. The van der Waals surface area contributed by atoms with Crippen LogP contribution in [-0.4, -0.2) is 71.1 Å². The van der Waals surface area contributed by atoms with Gasteiger partial charge in [0.25, 0.3) is 0 Å². The summed E-state index contributed by atoms with van der Waals surface area (Å²) in [5.74, 6) is -0.533. The van der Waals surface area contributed by atoms with E-state index in [0.29, 0.717) is 19.6 Å². The summed E-state index contributed by atoms with van der Waals surface area (Å²) in [4.78, 5) is 50.3. The van der Waals surface area contributed by atoms with E-state index in [-0.39, 0.29) is 36.6 Å². The van der Waals surface area contributed by atoms with Crippen LogP contribution in [0.1, 0.15) is 54.8 Å². The third kappa shape index (κ3) is 4.62. The van der Waals surface area contributed by atoms with Gasteiger partial charge in [-0.1, -0.05) is 30.3 Å². The van der Waals surface area contributed by atoms with Crippen LogP contribution in [0.3, 0.4) is 0 Å². The zero-order chi connectivity index (χ0) is 24.3. The molecule has 0 spiro atoms. The molecule has 4 rings (SSSR count). The number of carbonyl (C=O) groups is 3. The van der Waals surface area contributed by atoms with Crippen LogP contribution in [0.4, 0.5) is 0 Å². The Kier molecular flexibility index (Phi) is 7.12.